The Morgan fingerprint density at radius 3 is 2.40 bits per heavy atom. The first-order valence-electron chi connectivity index (χ1n) is 13.0. The number of H-pyrrole nitrogens is 1. The summed E-state index contributed by atoms with van der Waals surface area (Å²) in [6.07, 6.45) is -7.27. The zero-order chi connectivity index (χ0) is 31.8. The molecule has 2 bridgehead atoms. The molecular formula is C20H24N10O11P2S2. The summed E-state index contributed by atoms with van der Waals surface area (Å²) in [4.78, 5) is 45.9. The van der Waals surface area contributed by atoms with Crippen LogP contribution in [-0.2, 0) is 43.9 Å². The Labute approximate surface area is 260 Å². The number of thiol groups is 1. The minimum atomic E-state index is -4.37. The fourth-order valence-electron chi connectivity index (χ4n) is 5.30. The molecule has 25 heteroatoms. The first-order chi connectivity index (χ1) is 21.3. The Kier molecular flexibility index (Phi) is 7.76. The van der Waals surface area contributed by atoms with Crippen LogP contribution >= 0.6 is 25.8 Å². The summed E-state index contributed by atoms with van der Waals surface area (Å²) in [6, 6.07) is 0. The van der Waals surface area contributed by atoms with Gasteiger partial charge in [0.05, 0.1) is 25.9 Å². The molecule has 4 aromatic heterocycles. The summed E-state index contributed by atoms with van der Waals surface area (Å²) in [5.74, 6) is -0.132. The molecule has 0 aromatic carbocycles. The van der Waals surface area contributed by atoms with Crippen LogP contribution in [0.2, 0.25) is 0 Å². The molecule has 4 unspecified atom stereocenters. The van der Waals surface area contributed by atoms with E-state index in [0.717, 1.165) is 0 Å². The van der Waals surface area contributed by atoms with Crippen molar-refractivity contribution < 1.29 is 47.2 Å². The standard InChI is InChI=1S/C20H24N10O11P2S2/c21-14-8-15(24-3-23-14)29(4-25-8)18-11(32)12-7(39-18)2-37-43(35,45)41-13-10(31)6(1-36-42(34,44)40-12)38-19(13)30-5-26-9-16(30)27-20(22)28-17(9)33/h3-7,10-13,18-19,31-32H,1-2H2,(H,34,44)(H,35,45)(H2,21,23,24)(H3,22,27,28,33)/t6-,7-,10?,11?,12+,13+,18-,19-,42?,43?/m1/s1. The van der Waals surface area contributed by atoms with Crippen LogP contribution in [0.15, 0.2) is 23.8 Å². The maximum absolute atomic E-state index is 13.5. The van der Waals surface area contributed by atoms with Gasteiger partial charge in [-0.05, 0) is 11.8 Å². The van der Waals surface area contributed by atoms with Gasteiger partial charge in [-0.2, -0.15) is 4.98 Å². The number of aliphatic hydroxyl groups is 2. The largest absolute Gasteiger partial charge is 0.387 e. The lowest BCUT2D eigenvalue weighted by molar-refractivity contribution is -0.0588. The molecule has 3 saturated heterocycles. The van der Waals surface area contributed by atoms with Crippen molar-refractivity contribution in [1.29, 1.82) is 0 Å². The molecule has 0 radical (unpaired) electrons. The van der Waals surface area contributed by atoms with Crippen molar-refractivity contribution in [3.63, 3.8) is 0 Å². The number of nitrogen functional groups attached to an aromatic ring is 2. The van der Waals surface area contributed by atoms with E-state index in [4.69, 9.17) is 50.8 Å². The van der Waals surface area contributed by atoms with Crippen LogP contribution in [0, 0.1) is 0 Å². The zero-order valence-electron chi connectivity index (χ0n) is 22.4. The minimum absolute atomic E-state index is 0.0310. The summed E-state index contributed by atoms with van der Waals surface area (Å²) in [7, 11) is 0. The predicted octanol–water partition coefficient (Wildman–Crippen LogP) is -1.29. The van der Waals surface area contributed by atoms with Gasteiger partial charge in [-0.1, -0.05) is 12.2 Å². The molecule has 7 heterocycles. The third-order valence-corrected chi connectivity index (χ3v) is 10.5. The number of fused-ring (bicyclic) bond motifs is 5. The Morgan fingerprint density at radius 1 is 0.933 bits per heavy atom. The van der Waals surface area contributed by atoms with Crippen LogP contribution < -0.4 is 17.0 Å². The van der Waals surface area contributed by atoms with Crippen LogP contribution in [0.25, 0.3) is 22.3 Å². The van der Waals surface area contributed by atoms with E-state index in [1.165, 1.54) is 28.1 Å². The number of aromatic nitrogens is 8. The number of aliphatic hydroxyl groups excluding tert-OH is 2. The highest BCUT2D eigenvalue weighted by atomic mass is 32.7. The van der Waals surface area contributed by atoms with E-state index in [1.807, 2.05) is 0 Å². The van der Waals surface area contributed by atoms with Gasteiger partial charge in [0.25, 0.3) is 5.56 Å². The van der Waals surface area contributed by atoms with Gasteiger partial charge in [-0.25, -0.2) is 24.5 Å². The zero-order valence-corrected chi connectivity index (χ0v) is 25.9. The predicted molar refractivity (Wildman–Crippen MR) is 157 cm³/mol. The van der Waals surface area contributed by atoms with Crippen LogP contribution in [-0.4, -0.2) is 104 Å². The SMILES string of the molecule is Nc1nc2c(ncn2[C@@H]2O[C@@H]3COP(O)(=S)O[C@@H]4C(O)[C@H](n5cnc6c(N)ncnc65)O[C@@H]4COP(=O)(S)O[C@H]2C3O)c(=O)[nH]1. The van der Waals surface area contributed by atoms with E-state index < -0.39 is 81.4 Å². The number of imidazole rings is 2. The van der Waals surface area contributed by atoms with E-state index >= 15 is 0 Å². The molecule has 0 amide bonds. The van der Waals surface area contributed by atoms with Crippen molar-refractivity contribution in [3.05, 3.63) is 29.3 Å². The molecule has 7 rings (SSSR count). The fraction of sp³-hybridized carbons (Fsp3) is 0.500. The molecule has 3 aliphatic rings. The fourth-order valence-corrected chi connectivity index (χ4v) is 8.20. The van der Waals surface area contributed by atoms with Crippen LogP contribution in [0.3, 0.4) is 0 Å². The summed E-state index contributed by atoms with van der Waals surface area (Å²) < 4.78 is 50.5. The molecule has 3 fully saturated rings. The van der Waals surface area contributed by atoms with E-state index in [9.17, 15) is 24.5 Å². The molecule has 4 aromatic rings. The third kappa shape index (κ3) is 5.56. The lowest BCUT2D eigenvalue weighted by Gasteiger charge is -2.27. The lowest BCUT2D eigenvalue weighted by Crippen LogP contribution is -2.36. The molecule has 21 nitrogen and oxygen atoms in total. The Bertz CT molecular complexity index is 1940. The third-order valence-electron chi connectivity index (χ3n) is 7.32. The molecule has 3 aliphatic heterocycles. The van der Waals surface area contributed by atoms with Crippen molar-refractivity contribution in [2.75, 3.05) is 24.7 Å². The number of nitrogens with zero attached hydrogens (tertiary/aromatic N) is 7. The number of nitrogens with one attached hydrogen (secondary N) is 1. The summed E-state index contributed by atoms with van der Waals surface area (Å²) >= 11 is 9.29. The van der Waals surface area contributed by atoms with Crippen LogP contribution in [0.5, 0.6) is 0 Å². The van der Waals surface area contributed by atoms with Crippen molar-refractivity contribution >= 4 is 71.7 Å². The van der Waals surface area contributed by atoms with Crippen molar-refractivity contribution in [2.45, 2.75) is 49.1 Å². The molecule has 242 valence electrons. The number of anilines is 2. The Balaban J connectivity index is 1.21. The van der Waals surface area contributed by atoms with Crippen molar-refractivity contribution in [1.82, 2.24) is 39.0 Å². The first-order valence-corrected chi connectivity index (χ1v) is 18.2. The number of hydrogen-bond donors (Lipinski definition) is 7. The normalized spacial score (nSPS) is 37.7. The lowest BCUT2D eigenvalue weighted by atomic mass is 10.1. The molecule has 0 spiro atoms. The number of ether oxygens (including phenoxy) is 2. The highest BCUT2D eigenvalue weighted by molar-refractivity contribution is 8.44. The van der Waals surface area contributed by atoms with Gasteiger partial charge in [-0.3, -0.25) is 32.5 Å². The van der Waals surface area contributed by atoms with Gasteiger partial charge >= 0.3 is 13.5 Å². The van der Waals surface area contributed by atoms with E-state index in [-0.39, 0.29) is 34.1 Å². The van der Waals surface area contributed by atoms with Gasteiger partial charge in [0.15, 0.2) is 35.1 Å². The second-order valence-corrected chi connectivity index (χ2v) is 15.8. The highest BCUT2D eigenvalue weighted by Gasteiger charge is 2.53. The Morgan fingerprint density at radius 2 is 1.62 bits per heavy atom. The molecular weight excluding hydrogens is 682 g/mol. The van der Waals surface area contributed by atoms with Crippen molar-refractivity contribution in [3.8, 4) is 0 Å². The quantitative estimate of drug-likeness (QED) is 0.0942. The number of rotatable bonds is 2. The van der Waals surface area contributed by atoms with E-state index in [0.29, 0.717) is 0 Å². The monoisotopic (exact) mass is 706 g/mol. The van der Waals surface area contributed by atoms with E-state index in [2.05, 4.69) is 42.2 Å². The molecule has 45 heavy (non-hydrogen) atoms. The Hall–Kier alpha value is -2.63. The highest BCUT2D eigenvalue weighted by Crippen LogP contribution is 2.58. The second kappa shape index (κ2) is 11.3. The summed E-state index contributed by atoms with van der Waals surface area (Å²) in [5.41, 5.74) is 11.3. The number of nitrogens with two attached hydrogens (primary N) is 2. The molecule has 0 aliphatic carbocycles. The smallest absolute Gasteiger partial charge is 0.386 e. The van der Waals surface area contributed by atoms with Gasteiger partial charge in [0.2, 0.25) is 5.95 Å². The van der Waals surface area contributed by atoms with Gasteiger partial charge < -0.3 is 40.6 Å². The number of aromatic amines is 1. The van der Waals surface area contributed by atoms with Crippen molar-refractivity contribution in [2.24, 2.45) is 0 Å². The molecule has 0 saturated carbocycles. The maximum Gasteiger partial charge on any atom is 0.386 e. The van der Waals surface area contributed by atoms with Crippen LogP contribution in [0.4, 0.5) is 11.8 Å². The second-order valence-electron chi connectivity index (χ2n) is 10.1. The van der Waals surface area contributed by atoms with Gasteiger partial charge in [0.1, 0.15) is 48.5 Å². The van der Waals surface area contributed by atoms with E-state index in [1.54, 1.807) is 0 Å². The van der Waals surface area contributed by atoms with Gasteiger partial charge in [0, 0.05) is 0 Å². The number of hydrogen-bond acceptors (Lipinski definition) is 18. The molecule has 10 atom stereocenters. The minimum Gasteiger partial charge on any atom is -0.387 e. The summed E-state index contributed by atoms with van der Waals surface area (Å²) in [5, 5.41) is 22.4. The molecule has 8 N–H and O–H groups in total. The maximum atomic E-state index is 13.5. The van der Waals surface area contributed by atoms with Gasteiger partial charge in [-0.15, -0.1) is 0 Å². The first kappa shape index (κ1) is 31.0. The average Bonchev–Trinajstić information content (AvgIpc) is 3.72. The summed E-state index contributed by atoms with van der Waals surface area (Å²) in [6.45, 7) is -9.68. The van der Waals surface area contributed by atoms with Crippen LogP contribution in [0.1, 0.15) is 12.5 Å². The average molecular weight is 707 g/mol. The topological polar surface area (TPSA) is 292 Å².